The summed E-state index contributed by atoms with van der Waals surface area (Å²) in [4.78, 5) is 39.2. The molecule has 4 aromatic rings. The smallest absolute Gasteiger partial charge is 0.254 e. The molecule has 46 heavy (non-hydrogen) atoms. The lowest BCUT2D eigenvalue weighted by atomic mass is 9.44. The molecule has 240 valence electrons. The predicted octanol–water partition coefficient (Wildman–Crippen LogP) is 4.94. The van der Waals surface area contributed by atoms with Gasteiger partial charge in [-0.1, -0.05) is 0 Å². The van der Waals surface area contributed by atoms with Crippen LogP contribution in [-0.2, 0) is 18.4 Å². The number of carbonyl (C=O) groups is 2. The van der Waals surface area contributed by atoms with Crippen LogP contribution in [0.25, 0.3) is 33.6 Å². The second-order valence-corrected chi connectivity index (χ2v) is 15.1. The van der Waals surface area contributed by atoms with Gasteiger partial charge in [-0.2, -0.15) is 0 Å². The van der Waals surface area contributed by atoms with E-state index < -0.39 is 0 Å². The van der Waals surface area contributed by atoms with Crippen molar-refractivity contribution in [2.24, 2.45) is 36.0 Å². The number of methoxy groups -OCH3 is 1. The molecule has 1 saturated heterocycles. The second kappa shape index (κ2) is 10.0. The zero-order valence-corrected chi connectivity index (χ0v) is 27.0. The molecule has 6 aliphatic rings. The van der Waals surface area contributed by atoms with Crippen LogP contribution in [0.1, 0.15) is 80.4 Å². The Hall–Kier alpha value is -3.92. The lowest BCUT2D eigenvalue weighted by Crippen LogP contribution is -2.60. The maximum absolute atomic E-state index is 13.9. The van der Waals surface area contributed by atoms with Crippen LogP contribution in [0.2, 0.25) is 0 Å². The molecule has 2 amide bonds. The number of imidazole rings is 1. The zero-order valence-electron chi connectivity index (χ0n) is 27.0. The van der Waals surface area contributed by atoms with Gasteiger partial charge in [-0.25, -0.2) is 9.97 Å². The Morgan fingerprint density at radius 1 is 1.11 bits per heavy atom. The summed E-state index contributed by atoms with van der Waals surface area (Å²) >= 11 is 0. The third-order valence-electron chi connectivity index (χ3n) is 12.0. The average Bonchev–Trinajstić information content (AvgIpc) is 3.46. The molecule has 6 fully saturated rings. The van der Waals surface area contributed by atoms with Gasteiger partial charge in [0, 0.05) is 48.6 Å². The normalized spacial score (nSPS) is 28.7. The summed E-state index contributed by atoms with van der Waals surface area (Å²) in [7, 11) is 3.66. The molecule has 1 aliphatic heterocycles. The zero-order chi connectivity index (χ0) is 31.5. The fourth-order valence-electron chi connectivity index (χ4n) is 8.91. The van der Waals surface area contributed by atoms with Crippen molar-refractivity contribution in [1.29, 1.82) is 0 Å². The Bertz CT molecular complexity index is 1900. The number of piperidine rings is 1. The summed E-state index contributed by atoms with van der Waals surface area (Å²) in [6.45, 7) is 3.50. The standard InChI is InChI=1S/C36H43N7O3/c1-19(38-35(45)36-14-21(15-36)16-36)27-9-7-23-12-29(43(32(23)39-27)17-20-4-5-20)33-40-28-11-24(13-30(46-3)31(28)41(33)2)34(44)42-18-26(37)22-6-8-25(42)10-22/h7,9,11-13,19-22,25-26H,4-6,8,10,14-18,37H2,1-3H3,(H,38,45)/t19-,21?,22-,25+,26+,36?/m1/s1. The number of nitrogens with one attached hydrogen (secondary N) is 1. The number of nitrogens with zero attached hydrogens (tertiary/aromatic N) is 5. The van der Waals surface area contributed by atoms with Crippen molar-refractivity contribution in [2.45, 2.75) is 83.0 Å². The number of rotatable bonds is 8. The number of nitrogens with two attached hydrogens (primary N) is 1. The minimum atomic E-state index is -0.167. The van der Waals surface area contributed by atoms with Crippen molar-refractivity contribution in [2.75, 3.05) is 13.7 Å². The van der Waals surface area contributed by atoms with Gasteiger partial charge in [0.15, 0.2) is 5.82 Å². The van der Waals surface area contributed by atoms with Crippen molar-refractivity contribution in [1.82, 2.24) is 29.3 Å². The van der Waals surface area contributed by atoms with Crippen molar-refractivity contribution in [3.8, 4) is 17.3 Å². The van der Waals surface area contributed by atoms with E-state index in [-0.39, 0.29) is 35.4 Å². The first-order valence-corrected chi connectivity index (χ1v) is 17.1. The van der Waals surface area contributed by atoms with Gasteiger partial charge in [0.2, 0.25) is 5.91 Å². The van der Waals surface area contributed by atoms with E-state index in [0.717, 1.165) is 90.3 Å². The molecule has 5 saturated carbocycles. The number of aromatic nitrogens is 4. The highest BCUT2D eigenvalue weighted by atomic mass is 16.5. The van der Waals surface area contributed by atoms with E-state index in [0.29, 0.717) is 29.7 Å². The Labute approximate surface area is 268 Å². The highest BCUT2D eigenvalue weighted by molar-refractivity contribution is 6.00. The van der Waals surface area contributed by atoms with Crippen LogP contribution < -0.4 is 15.8 Å². The van der Waals surface area contributed by atoms with E-state index in [1.54, 1.807) is 7.11 Å². The molecule has 10 rings (SSSR count). The average molecular weight is 622 g/mol. The van der Waals surface area contributed by atoms with Crippen LogP contribution in [0.15, 0.2) is 30.3 Å². The molecule has 3 aromatic heterocycles. The molecule has 5 aliphatic carbocycles. The summed E-state index contributed by atoms with van der Waals surface area (Å²) in [5, 5.41) is 4.31. The highest BCUT2D eigenvalue weighted by Crippen LogP contribution is 2.64. The minimum absolute atomic E-state index is 0.00280. The first kappa shape index (κ1) is 28.3. The van der Waals surface area contributed by atoms with Crippen LogP contribution in [0, 0.1) is 23.2 Å². The predicted molar refractivity (Wildman–Crippen MR) is 175 cm³/mol. The van der Waals surface area contributed by atoms with Gasteiger partial charge in [-0.05, 0) is 106 Å². The van der Waals surface area contributed by atoms with E-state index in [1.807, 2.05) is 37.1 Å². The molecule has 10 nitrogen and oxygen atoms in total. The Morgan fingerprint density at radius 3 is 2.63 bits per heavy atom. The number of fused-ring (bicyclic) bond motifs is 4. The van der Waals surface area contributed by atoms with Gasteiger partial charge in [0.25, 0.3) is 5.91 Å². The Balaban J connectivity index is 1.08. The van der Waals surface area contributed by atoms with E-state index >= 15 is 0 Å². The van der Waals surface area contributed by atoms with Gasteiger partial charge in [0.05, 0.1) is 30.1 Å². The van der Waals surface area contributed by atoms with E-state index in [9.17, 15) is 9.59 Å². The fourth-order valence-corrected chi connectivity index (χ4v) is 8.91. The largest absolute Gasteiger partial charge is 0.494 e. The lowest BCUT2D eigenvalue weighted by Gasteiger charge is -2.60. The van der Waals surface area contributed by atoms with Crippen LogP contribution in [0.5, 0.6) is 5.75 Å². The quantitative estimate of drug-likeness (QED) is 0.288. The minimum Gasteiger partial charge on any atom is -0.494 e. The molecule has 4 bridgehead atoms. The van der Waals surface area contributed by atoms with Gasteiger partial charge in [-0.3, -0.25) is 9.59 Å². The summed E-state index contributed by atoms with van der Waals surface area (Å²) in [5.41, 5.74) is 11.3. The molecule has 0 spiro atoms. The summed E-state index contributed by atoms with van der Waals surface area (Å²) in [5.74, 6) is 3.52. The summed E-state index contributed by atoms with van der Waals surface area (Å²) in [6.07, 6.45) is 8.64. The van der Waals surface area contributed by atoms with Crippen LogP contribution in [0.3, 0.4) is 0 Å². The van der Waals surface area contributed by atoms with Crippen LogP contribution in [-0.4, -0.2) is 61.6 Å². The molecular formula is C36H43N7O3. The van der Waals surface area contributed by atoms with Crippen molar-refractivity contribution in [3.05, 3.63) is 41.6 Å². The van der Waals surface area contributed by atoms with Crippen molar-refractivity contribution in [3.63, 3.8) is 0 Å². The number of carbonyl (C=O) groups excluding carboxylic acids is 2. The highest BCUT2D eigenvalue weighted by Gasteiger charge is 2.61. The Kier molecular flexibility index (Phi) is 6.18. The summed E-state index contributed by atoms with van der Waals surface area (Å²) < 4.78 is 10.3. The van der Waals surface area contributed by atoms with Gasteiger partial charge in [0.1, 0.15) is 16.9 Å². The topological polar surface area (TPSA) is 120 Å². The number of hydrogen-bond donors (Lipinski definition) is 2. The number of benzene rings is 1. The molecule has 3 N–H and O–H groups in total. The number of pyridine rings is 1. The monoisotopic (exact) mass is 621 g/mol. The van der Waals surface area contributed by atoms with E-state index in [2.05, 4.69) is 26.6 Å². The van der Waals surface area contributed by atoms with Crippen molar-refractivity contribution >= 4 is 33.9 Å². The first-order chi connectivity index (χ1) is 22.2. The van der Waals surface area contributed by atoms with Crippen molar-refractivity contribution < 1.29 is 14.3 Å². The SMILES string of the molecule is COc1cc(C(=O)N2C[C@H](N)[C@@H]3CC[C@H]2C3)cc2nc(-c3cc4ccc([C@@H](C)NC(=O)C56CC(C5)C6)nc4n3CC3CC3)n(C)c12. The maximum atomic E-state index is 13.9. The number of amides is 2. The maximum Gasteiger partial charge on any atom is 0.254 e. The van der Waals surface area contributed by atoms with Gasteiger partial charge < -0.3 is 29.8 Å². The molecule has 4 atom stereocenters. The molecule has 10 heteroatoms. The van der Waals surface area contributed by atoms with E-state index in [1.165, 1.54) is 12.8 Å². The van der Waals surface area contributed by atoms with Crippen LogP contribution >= 0.6 is 0 Å². The van der Waals surface area contributed by atoms with Gasteiger partial charge >= 0.3 is 0 Å². The molecule has 0 radical (unpaired) electrons. The molecule has 1 aromatic carbocycles. The van der Waals surface area contributed by atoms with E-state index in [4.69, 9.17) is 20.4 Å². The lowest BCUT2D eigenvalue weighted by molar-refractivity contribution is -0.165. The van der Waals surface area contributed by atoms with Crippen LogP contribution in [0.4, 0.5) is 0 Å². The third-order valence-corrected chi connectivity index (χ3v) is 12.0. The first-order valence-electron chi connectivity index (χ1n) is 17.1. The number of ether oxygens (including phenoxy) is 1. The van der Waals surface area contributed by atoms with Gasteiger partial charge in [-0.15, -0.1) is 0 Å². The number of hydrogen-bond acceptors (Lipinski definition) is 6. The summed E-state index contributed by atoms with van der Waals surface area (Å²) in [6, 6.07) is 10.2. The molecule has 4 heterocycles. The molecule has 0 unspecified atom stereocenters. The Morgan fingerprint density at radius 2 is 1.91 bits per heavy atom. The third kappa shape index (κ3) is 4.25. The molecular weight excluding hydrogens is 578 g/mol. The number of aryl methyl sites for hydroxylation is 1. The fraction of sp³-hybridized carbons (Fsp3) is 0.556. The second-order valence-electron chi connectivity index (χ2n) is 15.1. The number of likely N-dealkylation sites (tertiary alicyclic amines) is 1.